The molecule has 1 aromatic carbocycles. The molecular weight excluding hydrogens is 166 g/mol. The first-order valence-electron chi connectivity index (χ1n) is 3.71. The molecular formula is C9H5N3O. The van der Waals surface area contributed by atoms with E-state index < -0.39 is 0 Å². The molecule has 0 bridgehead atoms. The van der Waals surface area contributed by atoms with Gasteiger partial charge in [-0.3, -0.25) is 0 Å². The molecule has 62 valence electrons. The van der Waals surface area contributed by atoms with Gasteiger partial charge >= 0.3 is 0 Å². The number of nitrogens with zero attached hydrogens (tertiary/aromatic N) is 3. The van der Waals surface area contributed by atoms with Gasteiger partial charge in [0.15, 0.2) is 11.8 Å². The van der Waals surface area contributed by atoms with Crippen LogP contribution in [0.15, 0.2) is 51.4 Å². The molecule has 0 unspecified atom stereocenters. The van der Waals surface area contributed by atoms with Gasteiger partial charge in [-0.2, -0.15) is 4.99 Å². The van der Waals surface area contributed by atoms with Crippen LogP contribution in [0.2, 0.25) is 0 Å². The van der Waals surface area contributed by atoms with Crippen LogP contribution in [0.25, 0.3) is 0 Å². The van der Waals surface area contributed by atoms with Gasteiger partial charge in [0.05, 0.1) is 0 Å². The average molecular weight is 171 g/mol. The van der Waals surface area contributed by atoms with Crippen LogP contribution in [0.5, 0.6) is 0 Å². The molecule has 4 nitrogen and oxygen atoms in total. The van der Waals surface area contributed by atoms with Crippen LogP contribution in [0, 0.1) is 0 Å². The first-order valence-corrected chi connectivity index (χ1v) is 3.71. The highest BCUT2D eigenvalue weighted by Gasteiger charge is 2.09. The third kappa shape index (κ3) is 1.43. The first kappa shape index (κ1) is 7.58. The molecule has 0 fully saturated rings. The molecule has 1 aliphatic rings. The van der Waals surface area contributed by atoms with Crippen molar-refractivity contribution in [2.24, 2.45) is 15.2 Å². The summed E-state index contributed by atoms with van der Waals surface area (Å²) >= 11 is 0. The largest absolute Gasteiger partial charge is 0.261 e. The van der Waals surface area contributed by atoms with Gasteiger partial charge in [0.2, 0.25) is 0 Å². The zero-order valence-electron chi connectivity index (χ0n) is 6.64. The molecule has 0 aliphatic carbocycles. The van der Waals surface area contributed by atoms with Gasteiger partial charge in [-0.05, 0) is 0 Å². The van der Waals surface area contributed by atoms with E-state index in [-0.39, 0.29) is 5.82 Å². The number of hydrogen-bond acceptors (Lipinski definition) is 4. The predicted octanol–water partition coefficient (Wildman–Crippen LogP) is 1.57. The lowest BCUT2D eigenvalue weighted by Gasteiger charge is -1.92. The Morgan fingerprint density at radius 3 is 2.46 bits per heavy atom. The molecule has 2 rings (SSSR count). The Kier molecular flexibility index (Phi) is 1.82. The van der Waals surface area contributed by atoms with Crippen LogP contribution in [-0.4, -0.2) is 11.8 Å². The summed E-state index contributed by atoms with van der Waals surface area (Å²) in [6.07, 6.45) is 0. The van der Waals surface area contributed by atoms with Gasteiger partial charge < -0.3 is 0 Å². The number of amidine groups is 1. The second kappa shape index (κ2) is 3.13. The second-order valence-electron chi connectivity index (χ2n) is 2.43. The predicted molar refractivity (Wildman–Crippen MR) is 47.0 cm³/mol. The van der Waals surface area contributed by atoms with Crippen molar-refractivity contribution in [1.82, 2.24) is 0 Å². The summed E-state index contributed by atoms with van der Waals surface area (Å²) in [5, 5.41) is 7.26. The highest BCUT2D eigenvalue weighted by atomic mass is 16.1. The molecule has 13 heavy (non-hydrogen) atoms. The first-order chi connectivity index (χ1) is 6.40. The molecule has 0 saturated carbocycles. The van der Waals surface area contributed by atoms with Crippen molar-refractivity contribution >= 4 is 11.8 Å². The lowest BCUT2D eigenvalue weighted by atomic mass is 10.2. The van der Waals surface area contributed by atoms with Crippen molar-refractivity contribution in [1.29, 1.82) is 0 Å². The summed E-state index contributed by atoms with van der Waals surface area (Å²) in [6, 6.07) is 9.34. The Bertz CT molecular complexity index is 427. The lowest BCUT2D eigenvalue weighted by Crippen LogP contribution is -1.91. The fourth-order valence-electron chi connectivity index (χ4n) is 0.992. The summed E-state index contributed by atoms with van der Waals surface area (Å²) in [4.78, 5) is 14.0. The zero-order chi connectivity index (χ0) is 9.10. The Morgan fingerprint density at radius 2 is 1.85 bits per heavy atom. The van der Waals surface area contributed by atoms with Gasteiger partial charge in [-0.25, -0.2) is 4.79 Å². The van der Waals surface area contributed by atoms with Crippen molar-refractivity contribution in [2.45, 2.75) is 0 Å². The van der Waals surface area contributed by atoms with Crippen molar-refractivity contribution in [3.63, 3.8) is 0 Å². The van der Waals surface area contributed by atoms with Crippen LogP contribution in [0.1, 0.15) is 5.56 Å². The van der Waals surface area contributed by atoms with Crippen molar-refractivity contribution < 1.29 is 4.79 Å². The minimum atomic E-state index is -0.00106. The van der Waals surface area contributed by atoms with Crippen molar-refractivity contribution in [3.05, 3.63) is 41.7 Å². The summed E-state index contributed by atoms with van der Waals surface area (Å²) in [7, 11) is 0. The van der Waals surface area contributed by atoms with E-state index in [9.17, 15) is 4.79 Å². The maximum absolute atomic E-state index is 10.2. The Hall–Kier alpha value is -2.06. The van der Waals surface area contributed by atoms with Gasteiger partial charge in [-0.1, -0.05) is 30.3 Å². The zero-order valence-corrected chi connectivity index (χ0v) is 6.64. The molecule has 4 heteroatoms. The van der Waals surface area contributed by atoms with E-state index in [2.05, 4.69) is 15.2 Å². The number of carbonyl (C=O) groups excluding carboxylic acids is 1. The summed E-state index contributed by atoms with van der Waals surface area (Å²) in [6.45, 7) is 0. The SMILES string of the molecule is O=C=C1N=NC(c2ccccc2)=N1. The Balaban J connectivity index is 2.41. The van der Waals surface area contributed by atoms with Crippen LogP contribution >= 0.6 is 0 Å². The van der Waals surface area contributed by atoms with Crippen LogP contribution in [0.4, 0.5) is 0 Å². The molecule has 0 radical (unpaired) electrons. The molecule has 0 spiro atoms. The van der Waals surface area contributed by atoms with Crippen LogP contribution in [-0.2, 0) is 4.79 Å². The van der Waals surface area contributed by atoms with Gasteiger partial charge in [0.1, 0.15) is 0 Å². The molecule has 1 aromatic rings. The number of benzene rings is 1. The molecule has 0 amide bonds. The second-order valence-corrected chi connectivity index (χ2v) is 2.43. The number of aliphatic imine (C=N–C) groups is 1. The Labute approximate surface area is 74.3 Å². The highest BCUT2D eigenvalue weighted by Crippen LogP contribution is 2.12. The van der Waals surface area contributed by atoms with Crippen molar-refractivity contribution in [3.8, 4) is 0 Å². The fraction of sp³-hybridized carbons (Fsp3) is 0. The van der Waals surface area contributed by atoms with Gasteiger partial charge in [0.25, 0.3) is 5.82 Å². The molecule has 0 atom stereocenters. The van der Waals surface area contributed by atoms with E-state index in [1.807, 2.05) is 30.3 Å². The van der Waals surface area contributed by atoms with E-state index in [4.69, 9.17) is 0 Å². The van der Waals surface area contributed by atoms with E-state index in [1.165, 1.54) is 0 Å². The highest BCUT2D eigenvalue weighted by molar-refractivity contribution is 6.01. The molecule has 0 saturated heterocycles. The van der Waals surface area contributed by atoms with Crippen LogP contribution < -0.4 is 0 Å². The standard InChI is InChI=1S/C9H5N3O/c13-6-8-10-9(12-11-8)7-4-2-1-3-5-7/h1-5H. The minimum Gasteiger partial charge on any atom is -0.229 e. The minimum absolute atomic E-state index is 0.00106. The van der Waals surface area contributed by atoms with Crippen molar-refractivity contribution in [2.75, 3.05) is 0 Å². The third-order valence-corrected chi connectivity index (χ3v) is 1.57. The maximum atomic E-state index is 10.2. The molecule has 0 aromatic heterocycles. The van der Waals surface area contributed by atoms with E-state index >= 15 is 0 Å². The maximum Gasteiger partial charge on any atom is 0.261 e. The lowest BCUT2D eigenvalue weighted by molar-refractivity contribution is 0.566. The van der Waals surface area contributed by atoms with E-state index in [0.29, 0.717) is 5.84 Å². The summed E-state index contributed by atoms with van der Waals surface area (Å²) in [5.41, 5.74) is 0.844. The summed E-state index contributed by atoms with van der Waals surface area (Å²) < 4.78 is 0. The van der Waals surface area contributed by atoms with E-state index in [0.717, 1.165) is 5.56 Å². The molecule has 1 aliphatic heterocycles. The van der Waals surface area contributed by atoms with Crippen LogP contribution in [0.3, 0.4) is 0 Å². The smallest absolute Gasteiger partial charge is 0.229 e. The monoisotopic (exact) mass is 171 g/mol. The van der Waals surface area contributed by atoms with E-state index in [1.54, 1.807) is 5.94 Å². The fourth-order valence-corrected chi connectivity index (χ4v) is 0.992. The average Bonchev–Trinajstić information content (AvgIpc) is 2.67. The molecule has 1 heterocycles. The number of azo groups is 1. The quantitative estimate of drug-likeness (QED) is 0.591. The Morgan fingerprint density at radius 1 is 1.08 bits per heavy atom. The van der Waals surface area contributed by atoms with Gasteiger partial charge in [0, 0.05) is 5.56 Å². The topological polar surface area (TPSA) is 54.1 Å². The van der Waals surface area contributed by atoms with Gasteiger partial charge in [-0.15, -0.1) is 10.2 Å². The number of hydrogen-bond donors (Lipinski definition) is 0. The number of rotatable bonds is 1. The summed E-state index contributed by atoms with van der Waals surface area (Å²) in [5.74, 6) is 2.04. The third-order valence-electron chi connectivity index (χ3n) is 1.57. The normalized spacial score (nSPS) is 14.2. The molecule has 0 N–H and O–H groups in total.